The van der Waals surface area contributed by atoms with Gasteiger partial charge in [-0.25, -0.2) is 4.98 Å². The lowest BCUT2D eigenvalue weighted by Gasteiger charge is -2.29. The van der Waals surface area contributed by atoms with Crippen LogP contribution in [0.5, 0.6) is 0 Å². The molecule has 0 saturated carbocycles. The number of aromatic nitrogens is 1. The van der Waals surface area contributed by atoms with E-state index in [2.05, 4.69) is 4.98 Å². The van der Waals surface area contributed by atoms with E-state index in [-0.39, 0.29) is 4.92 Å². The average molecular weight is 207 g/mol. The van der Waals surface area contributed by atoms with Crippen LogP contribution >= 0.6 is 0 Å². The first kappa shape index (κ1) is 9.89. The molecular formula is C10H13N3O2. The van der Waals surface area contributed by atoms with Crippen molar-refractivity contribution in [3.63, 3.8) is 0 Å². The van der Waals surface area contributed by atoms with Crippen LogP contribution in [0.3, 0.4) is 0 Å². The molecule has 80 valence electrons. The monoisotopic (exact) mass is 207 g/mol. The first-order valence-corrected chi connectivity index (χ1v) is 5.07. The minimum Gasteiger partial charge on any atom is -0.350 e. The van der Waals surface area contributed by atoms with Crippen molar-refractivity contribution in [3.8, 4) is 0 Å². The van der Waals surface area contributed by atoms with Gasteiger partial charge in [-0.05, 0) is 18.6 Å². The number of nitrogens with zero attached hydrogens (tertiary/aromatic N) is 3. The van der Waals surface area contributed by atoms with Crippen molar-refractivity contribution in [1.82, 2.24) is 4.98 Å². The zero-order valence-corrected chi connectivity index (χ0v) is 8.37. The summed E-state index contributed by atoms with van der Waals surface area (Å²) in [7, 11) is 0. The van der Waals surface area contributed by atoms with E-state index < -0.39 is 6.04 Å². The number of pyridine rings is 1. The Morgan fingerprint density at radius 3 is 3.07 bits per heavy atom. The minimum absolute atomic E-state index is 0.185. The highest BCUT2D eigenvalue weighted by atomic mass is 16.6. The minimum atomic E-state index is -0.444. The van der Waals surface area contributed by atoms with Crippen molar-refractivity contribution in [2.24, 2.45) is 0 Å². The van der Waals surface area contributed by atoms with Crippen LogP contribution in [-0.4, -0.2) is 29.0 Å². The van der Waals surface area contributed by atoms with Crippen LogP contribution in [0.4, 0.5) is 5.82 Å². The van der Waals surface area contributed by atoms with Crippen LogP contribution in [-0.2, 0) is 0 Å². The second kappa shape index (κ2) is 4.25. The molecule has 1 atom stereocenters. The summed E-state index contributed by atoms with van der Waals surface area (Å²) in [4.78, 5) is 16.7. The van der Waals surface area contributed by atoms with E-state index in [9.17, 15) is 10.1 Å². The van der Waals surface area contributed by atoms with Crippen molar-refractivity contribution in [2.45, 2.75) is 18.9 Å². The van der Waals surface area contributed by atoms with Crippen molar-refractivity contribution >= 4 is 5.82 Å². The second-order valence-electron chi connectivity index (χ2n) is 3.72. The van der Waals surface area contributed by atoms with E-state index in [4.69, 9.17) is 0 Å². The Hall–Kier alpha value is -1.65. The first-order valence-electron chi connectivity index (χ1n) is 5.07. The quantitative estimate of drug-likeness (QED) is 0.542. The molecule has 2 heterocycles. The van der Waals surface area contributed by atoms with Crippen molar-refractivity contribution < 1.29 is 4.92 Å². The van der Waals surface area contributed by atoms with E-state index in [1.807, 2.05) is 23.1 Å². The third-order valence-electron chi connectivity index (χ3n) is 2.67. The molecule has 0 amide bonds. The first-order chi connectivity index (χ1) is 7.27. The maximum atomic E-state index is 10.7. The molecule has 0 aliphatic carbocycles. The highest BCUT2D eigenvalue weighted by molar-refractivity contribution is 5.38. The van der Waals surface area contributed by atoms with Gasteiger partial charge in [-0.15, -0.1) is 0 Å². The lowest BCUT2D eigenvalue weighted by Crippen LogP contribution is -2.42. The normalized spacial score (nSPS) is 21.3. The molecule has 0 bridgehead atoms. The topological polar surface area (TPSA) is 59.3 Å². The van der Waals surface area contributed by atoms with E-state index >= 15 is 0 Å². The van der Waals surface area contributed by atoms with Gasteiger partial charge < -0.3 is 4.90 Å². The summed E-state index contributed by atoms with van der Waals surface area (Å²) in [5, 5.41) is 10.7. The molecule has 0 spiro atoms. The van der Waals surface area contributed by atoms with Gasteiger partial charge in [0.05, 0.1) is 6.54 Å². The molecular weight excluding hydrogens is 194 g/mol. The molecule has 0 N–H and O–H groups in total. The van der Waals surface area contributed by atoms with Crippen molar-refractivity contribution in [1.29, 1.82) is 0 Å². The molecule has 15 heavy (non-hydrogen) atoms. The molecule has 0 aromatic carbocycles. The zero-order valence-electron chi connectivity index (χ0n) is 8.37. The van der Waals surface area contributed by atoms with E-state index in [1.54, 1.807) is 6.20 Å². The summed E-state index contributed by atoms with van der Waals surface area (Å²) < 4.78 is 0. The van der Waals surface area contributed by atoms with Crippen LogP contribution in [0.25, 0.3) is 0 Å². The van der Waals surface area contributed by atoms with Crippen LogP contribution in [0, 0.1) is 10.1 Å². The summed E-state index contributed by atoms with van der Waals surface area (Å²) in [5.41, 5.74) is 0. The molecule has 1 aromatic rings. The molecule has 2 rings (SSSR count). The number of hydrogen-bond acceptors (Lipinski definition) is 4. The molecule has 1 fully saturated rings. The largest absolute Gasteiger partial charge is 0.350 e. The number of rotatable bonds is 2. The van der Waals surface area contributed by atoms with E-state index in [0.29, 0.717) is 13.0 Å². The fourth-order valence-electron chi connectivity index (χ4n) is 1.88. The lowest BCUT2D eigenvalue weighted by molar-refractivity contribution is -0.521. The number of anilines is 1. The predicted octanol–water partition coefficient (Wildman–Crippen LogP) is 1.33. The van der Waals surface area contributed by atoms with Crippen molar-refractivity contribution in [3.05, 3.63) is 34.5 Å². The van der Waals surface area contributed by atoms with Gasteiger partial charge in [-0.2, -0.15) is 0 Å². The average Bonchev–Trinajstić information content (AvgIpc) is 2.30. The maximum Gasteiger partial charge on any atom is 0.230 e. The van der Waals surface area contributed by atoms with E-state index in [1.165, 1.54) is 0 Å². The van der Waals surface area contributed by atoms with Gasteiger partial charge in [0.2, 0.25) is 6.04 Å². The lowest BCUT2D eigenvalue weighted by atomic mass is 10.1. The van der Waals surface area contributed by atoms with Crippen molar-refractivity contribution in [2.75, 3.05) is 18.0 Å². The van der Waals surface area contributed by atoms with Gasteiger partial charge in [0.25, 0.3) is 0 Å². The summed E-state index contributed by atoms with van der Waals surface area (Å²) in [5.74, 6) is 0.837. The number of nitro groups is 1. The fourth-order valence-corrected chi connectivity index (χ4v) is 1.88. The molecule has 1 unspecified atom stereocenters. The summed E-state index contributed by atoms with van der Waals surface area (Å²) in [6, 6.07) is 5.19. The van der Waals surface area contributed by atoms with Gasteiger partial charge >= 0.3 is 0 Å². The van der Waals surface area contributed by atoms with Crippen LogP contribution < -0.4 is 4.90 Å². The van der Waals surface area contributed by atoms with Gasteiger partial charge in [0, 0.05) is 24.1 Å². The fraction of sp³-hybridized carbons (Fsp3) is 0.500. The molecule has 1 aliphatic heterocycles. The highest BCUT2D eigenvalue weighted by Gasteiger charge is 2.28. The van der Waals surface area contributed by atoms with Gasteiger partial charge in [0.1, 0.15) is 5.82 Å². The summed E-state index contributed by atoms with van der Waals surface area (Å²) >= 11 is 0. The molecule has 0 radical (unpaired) electrons. The van der Waals surface area contributed by atoms with Crippen LogP contribution in [0.1, 0.15) is 12.8 Å². The third-order valence-corrected chi connectivity index (χ3v) is 2.67. The molecule has 1 aliphatic rings. The molecule has 1 saturated heterocycles. The second-order valence-corrected chi connectivity index (χ2v) is 3.72. The molecule has 5 heteroatoms. The Kier molecular flexibility index (Phi) is 2.80. The Morgan fingerprint density at radius 2 is 2.40 bits per heavy atom. The van der Waals surface area contributed by atoms with E-state index in [0.717, 1.165) is 18.8 Å². The molecule has 1 aromatic heterocycles. The predicted molar refractivity (Wildman–Crippen MR) is 56.5 cm³/mol. The SMILES string of the molecule is O=[N+]([O-])C1CCCN(c2ccccn2)C1. The Bertz CT molecular complexity index is 342. The molecule has 5 nitrogen and oxygen atoms in total. The van der Waals surface area contributed by atoms with Gasteiger partial charge in [-0.1, -0.05) is 6.07 Å². The van der Waals surface area contributed by atoms with Crippen LogP contribution in [0.15, 0.2) is 24.4 Å². The van der Waals surface area contributed by atoms with Crippen LogP contribution in [0.2, 0.25) is 0 Å². The highest BCUT2D eigenvalue weighted by Crippen LogP contribution is 2.18. The maximum absolute atomic E-state index is 10.7. The Balaban J connectivity index is 2.08. The standard InChI is InChI=1S/C10H13N3O2/c14-13(15)9-4-3-7-12(8-9)10-5-1-2-6-11-10/h1-2,5-6,9H,3-4,7-8H2. The van der Waals surface area contributed by atoms with Gasteiger partial charge in [-0.3, -0.25) is 10.1 Å². The smallest absolute Gasteiger partial charge is 0.230 e. The third kappa shape index (κ3) is 2.23. The zero-order chi connectivity index (χ0) is 10.7. The number of piperidine rings is 1. The summed E-state index contributed by atoms with van der Waals surface area (Å²) in [6.07, 6.45) is 3.25. The summed E-state index contributed by atoms with van der Waals surface area (Å²) in [6.45, 7) is 1.34. The number of hydrogen-bond donors (Lipinski definition) is 0. The Labute approximate surface area is 87.9 Å². The Morgan fingerprint density at radius 1 is 1.53 bits per heavy atom. The van der Waals surface area contributed by atoms with Gasteiger partial charge in [0.15, 0.2) is 0 Å².